The Bertz CT molecular complexity index is 835. The van der Waals surface area contributed by atoms with E-state index in [0.717, 1.165) is 11.3 Å². The third-order valence-electron chi connectivity index (χ3n) is 3.08. The molecule has 0 aromatic carbocycles. The van der Waals surface area contributed by atoms with Gasteiger partial charge in [0.2, 0.25) is 16.9 Å². The Hall–Kier alpha value is -2.05. The molecule has 0 radical (unpaired) electrons. The zero-order valence-corrected chi connectivity index (χ0v) is 17.6. The highest BCUT2D eigenvalue weighted by atomic mass is 32.2. The number of anilines is 2. The fourth-order valence-corrected chi connectivity index (χ4v) is 4.75. The van der Waals surface area contributed by atoms with E-state index in [9.17, 15) is 14.4 Å². The zero-order valence-electron chi connectivity index (χ0n) is 15.2. The third-order valence-corrected chi connectivity index (χ3v) is 6.42. The van der Waals surface area contributed by atoms with Crippen molar-refractivity contribution in [3.05, 3.63) is 10.6 Å². The van der Waals surface area contributed by atoms with Crippen molar-refractivity contribution < 1.29 is 19.1 Å². The zero-order chi connectivity index (χ0) is 20.0. The minimum Gasteiger partial charge on any atom is -0.462 e. The highest BCUT2D eigenvalue weighted by Gasteiger charge is 2.23. The molecule has 146 valence electrons. The van der Waals surface area contributed by atoms with Crippen molar-refractivity contribution in [3.63, 3.8) is 0 Å². The number of thioether (sulfide) groups is 1. The fraction of sp³-hybridized carbons (Fsp3) is 0.467. The van der Waals surface area contributed by atoms with Crippen LogP contribution in [0.25, 0.3) is 0 Å². The number of aromatic nitrogens is 3. The standard InChI is InChI=1S/C15H19N5O4S3/c1-5-9(25-15-20-19-14(27-15)17-8(4)21)11(22)18-13-16-7(3)10(26-13)12(23)24-6-2/h9H,5-6H2,1-4H3,(H,16,18,22)(H,17,19,21). The second-order valence-electron chi connectivity index (χ2n) is 5.21. The molecule has 12 heteroatoms. The van der Waals surface area contributed by atoms with E-state index in [-0.39, 0.29) is 18.4 Å². The van der Waals surface area contributed by atoms with Crippen LogP contribution in [-0.4, -0.2) is 44.8 Å². The molecule has 9 nitrogen and oxygen atoms in total. The molecule has 0 bridgehead atoms. The lowest BCUT2D eigenvalue weighted by Crippen LogP contribution is -2.24. The number of amides is 2. The lowest BCUT2D eigenvalue weighted by Gasteiger charge is -2.11. The summed E-state index contributed by atoms with van der Waals surface area (Å²) >= 11 is 3.54. The number of esters is 1. The predicted octanol–water partition coefficient (Wildman–Crippen LogP) is 2.95. The summed E-state index contributed by atoms with van der Waals surface area (Å²) in [5, 5.41) is 13.4. The highest BCUT2D eigenvalue weighted by Crippen LogP contribution is 2.31. The normalized spacial score (nSPS) is 11.7. The first-order valence-electron chi connectivity index (χ1n) is 8.07. The van der Waals surface area contributed by atoms with Crippen molar-refractivity contribution in [1.29, 1.82) is 0 Å². The molecular weight excluding hydrogens is 410 g/mol. The molecule has 0 aliphatic rings. The first kappa shape index (κ1) is 21.3. The molecule has 2 N–H and O–H groups in total. The molecule has 0 spiro atoms. The van der Waals surface area contributed by atoms with Gasteiger partial charge in [0.1, 0.15) is 4.88 Å². The molecule has 0 aliphatic carbocycles. The molecule has 1 atom stereocenters. The fourth-order valence-electron chi connectivity index (χ4n) is 1.92. The summed E-state index contributed by atoms with van der Waals surface area (Å²) in [7, 11) is 0. The molecule has 2 aromatic heterocycles. The molecule has 0 saturated carbocycles. The summed E-state index contributed by atoms with van der Waals surface area (Å²) in [6.45, 7) is 6.95. The van der Waals surface area contributed by atoms with Crippen LogP contribution in [0.1, 0.15) is 42.6 Å². The quantitative estimate of drug-likeness (QED) is 0.373. The maximum Gasteiger partial charge on any atom is 0.350 e. The molecule has 2 amide bonds. The van der Waals surface area contributed by atoms with E-state index in [1.807, 2.05) is 6.92 Å². The summed E-state index contributed by atoms with van der Waals surface area (Å²) in [5.74, 6) is -0.930. The number of carbonyl (C=O) groups excluding carboxylic acids is 3. The molecule has 27 heavy (non-hydrogen) atoms. The van der Waals surface area contributed by atoms with Gasteiger partial charge in [0.25, 0.3) is 0 Å². The average Bonchev–Trinajstić information content (AvgIpc) is 3.18. The summed E-state index contributed by atoms with van der Waals surface area (Å²) in [6, 6.07) is 0. The van der Waals surface area contributed by atoms with E-state index >= 15 is 0 Å². The molecule has 1 unspecified atom stereocenters. The molecule has 2 rings (SSSR count). The number of aryl methyl sites for hydroxylation is 1. The van der Waals surface area contributed by atoms with Gasteiger partial charge >= 0.3 is 5.97 Å². The van der Waals surface area contributed by atoms with Crippen LogP contribution in [0, 0.1) is 6.92 Å². The van der Waals surface area contributed by atoms with E-state index in [1.165, 1.54) is 30.0 Å². The van der Waals surface area contributed by atoms with Crippen molar-refractivity contribution in [2.24, 2.45) is 0 Å². The van der Waals surface area contributed by atoms with Crippen LogP contribution >= 0.6 is 34.4 Å². The van der Waals surface area contributed by atoms with Crippen LogP contribution in [0.15, 0.2) is 4.34 Å². The van der Waals surface area contributed by atoms with Crippen LogP contribution in [0.4, 0.5) is 10.3 Å². The van der Waals surface area contributed by atoms with E-state index < -0.39 is 11.2 Å². The first-order valence-corrected chi connectivity index (χ1v) is 10.6. The van der Waals surface area contributed by atoms with Gasteiger partial charge in [-0.1, -0.05) is 41.4 Å². The Morgan fingerprint density at radius 1 is 1.15 bits per heavy atom. The SMILES string of the molecule is CCOC(=O)c1sc(NC(=O)C(CC)Sc2nnc(NC(C)=O)s2)nc1C. The molecular formula is C15H19N5O4S3. The van der Waals surface area contributed by atoms with Gasteiger partial charge in [-0.2, -0.15) is 0 Å². The maximum absolute atomic E-state index is 12.6. The van der Waals surface area contributed by atoms with Gasteiger partial charge in [0.15, 0.2) is 9.47 Å². The summed E-state index contributed by atoms with van der Waals surface area (Å²) in [6.07, 6.45) is 0.556. The van der Waals surface area contributed by atoms with E-state index in [1.54, 1.807) is 13.8 Å². The Kier molecular flexibility index (Phi) is 7.68. The van der Waals surface area contributed by atoms with Gasteiger partial charge < -0.3 is 15.4 Å². The first-order chi connectivity index (χ1) is 12.8. The second kappa shape index (κ2) is 9.76. The number of ether oxygens (including phenoxy) is 1. The van der Waals surface area contributed by atoms with Crippen LogP contribution in [0.3, 0.4) is 0 Å². The number of hydrogen-bond acceptors (Lipinski definition) is 10. The van der Waals surface area contributed by atoms with E-state index in [4.69, 9.17) is 4.74 Å². The number of carbonyl (C=O) groups is 3. The van der Waals surface area contributed by atoms with Crippen molar-refractivity contribution in [2.75, 3.05) is 17.2 Å². The van der Waals surface area contributed by atoms with Gasteiger partial charge in [0.05, 0.1) is 17.6 Å². The van der Waals surface area contributed by atoms with E-state index in [2.05, 4.69) is 25.8 Å². The number of thiazole rings is 1. The molecule has 2 heterocycles. The second-order valence-corrected chi connectivity index (χ2v) is 8.64. The summed E-state index contributed by atoms with van der Waals surface area (Å²) in [4.78, 5) is 40.1. The highest BCUT2D eigenvalue weighted by molar-refractivity contribution is 8.02. The van der Waals surface area contributed by atoms with Crippen molar-refractivity contribution in [3.8, 4) is 0 Å². The Labute approximate surface area is 168 Å². The largest absolute Gasteiger partial charge is 0.462 e. The maximum atomic E-state index is 12.6. The van der Waals surface area contributed by atoms with Crippen LogP contribution in [-0.2, 0) is 14.3 Å². The Balaban J connectivity index is 2.02. The monoisotopic (exact) mass is 429 g/mol. The smallest absolute Gasteiger partial charge is 0.350 e. The van der Waals surface area contributed by atoms with Crippen LogP contribution in [0.5, 0.6) is 0 Å². The third kappa shape index (κ3) is 5.97. The Morgan fingerprint density at radius 3 is 2.52 bits per heavy atom. The van der Waals surface area contributed by atoms with Gasteiger partial charge in [-0.15, -0.1) is 10.2 Å². The number of nitrogens with one attached hydrogen (secondary N) is 2. The molecule has 2 aromatic rings. The molecule has 0 aliphatic heterocycles. The topological polar surface area (TPSA) is 123 Å². The van der Waals surface area contributed by atoms with Gasteiger partial charge in [0, 0.05) is 6.92 Å². The number of nitrogens with zero attached hydrogens (tertiary/aromatic N) is 3. The number of hydrogen-bond donors (Lipinski definition) is 2. The molecule has 0 saturated heterocycles. The van der Waals surface area contributed by atoms with Crippen molar-refractivity contribution >= 4 is 62.5 Å². The lowest BCUT2D eigenvalue weighted by atomic mass is 10.3. The van der Waals surface area contributed by atoms with E-state index in [0.29, 0.717) is 31.6 Å². The summed E-state index contributed by atoms with van der Waals surface area (Å²) < 4.78 is 5.55. The van der Waals surface area contributed by atoms with Crippen molar-refractivity contribution in [1.82, 2.24) is 15.2 Å². The minimum absolute atomic E-state index is 0.232. The molecule has 0 fully saturated rings. The summed E-state index contributed by atoms with van der Waals surface area (Å²) in [5.41, 5.74) is 0.513. The average molecular weight is 430 g/mol. The predicted molar refractivity (Wildman–Crippen MR) is 106 cm³/mol. The minimum atomic E-state index is -0.450. The van der Waals surface area contributed by atoms with Gasteiger partial charge in [-0.05, 0) is 20.3 Å². The van der Waals surface area contributed by atoms with Crippen molar-refractivity contribution in [2.45, 2.75) is 43.7 Å². The van der Waals surface area contributed by atoms with Gasteiger partial charge in [-0.3, -0.25) is 9.59 Å². The van der Waals surface area contributed by atoms with Crippen LogP contribution in [0.2, 0.25) is 0 Å². The lowest BCUT2D eigenvalue weighted by molar-refractivity contribution is -0.116. The Morgan fingerprint density at radius 2 is 1.89 bits per heavy atom. The van der Waals surface area contributed by atoms with Crippen LogP contribution < -0.4 is 10.6 Å². The number of rotatable bonds is 8. The van der Waals surface area contributed by atoms with Gasteiger partial charge in [-0.25, -0.2) is 9.78 Å².